The summed E-state index contributed by atoms with van der Waals surface area (Å²) in [7, 11) is 0. The Hall–Kier alpha value is -2.68. The molecule has 0 spiro atoms. The third kappa shape index (κ3) is 4.34. The van der Waals surface area contributed by atoms with Crippen LogP contribution in [0, 0.1) is 0 Å². The lowest BCUT2D eigenvalue weighted by molar-refractivity contribution is -0.121. The van der Waals surface area contributed by atoms with Gasteiger partial charge in [0, 0.05) is 6.04 Å². The molecule has 1 aliphatic rings. The Morgan fingerprint density at radius 1 is 1.24 bits per heavy atom. The summed E-state index contributed by atoms with van der Waals surface area (Å²) >= 11 is 1.25. The highest BCUT2D eigenvalue weighted by atomic mass is 32.2. The number of carbonyl (C=O) groups is 1. The second-order valence-electron chi connectivity index (χ2n) is 7.32. The van der Waals surface area contributed by atoms with Crippen LogP contribution in [0.3, 0.4) is 0 Å². The van der Waals surface area contributed by atoms with Crippen molar-refractivity contribution in [1.29, 1.82) is 0 Å². The molecule has 2 N–H and O–H groups in total. The number of nitrogens with zero attached hydrogens (tertiary/aromatic N) is 4. The van der Waals surface area contributed by atoms with Crippen LogP contribution in [0.25, 0.3) is 16.9 Å². The van der Waals surface area contributed by atoms with Crippen molar-refractivity contribution in [2.75, 3.05) is 0 Å². The second kappa shape index (κ2) is 8.77. The van der Waals surface area contributed by atoms with Crippen molar-refractivity contribution in [3.63, 3.8) is 0 Å². The topological polar surface area (TPSA) is 106 Å². The van der Waals surface area contributed by atoms with Crippen LogP contribution in [0.2, 0.25) is 0 Å². The fourth-order valence-electron chi connectivity index (χ4n) is 3.64. The molecule has 2 aromatic heterocycles. The smallest absolute Gasteiger partial charge is 0.269 e. The molecular formula is C20H24N6O2S. The van der Waals surface area contributed by atoms with E-state index in [0.717, 1.165) is 25.7 Å². The van der Waals surface area contributed by atoms with Gasteiger partial charge in [0.25, 0.3) is 5.56 Å². The molecule has 1 fully saturated rings. The van der Waals surface area contributed by atoms with E-state index in [2.05, 4.69) is 25.5 Å². The summed E-state index contributed by atoms with van der Waals surface area (Å²) in [6.45, 7) is 1.84. The van der Waals surface area contributed by atoms with Crippen molar-refractivity contribution in [2.24, 2.45) is 0 Å². The van der Waals surface area contributed by atoms with Crippen LogP contribution < -0.4 is 10.9 Å². The van der Waals surface area contributed by atoms with Crippen molar-refractivity contribution in [1.82, 2.24) is 30.0 Å². The summed E-state index contributed by atoms with van der Waals surface area (Å²) in [5.74, 6) is 0.251. The molecule has 1 aliphatic carbocycles. The molecule has 9 heteroatoms. The van der Waals surface area contributed by atoms with Crippen LogP contribution in [-0.2, 0) is 4.79 Å². The van der Waals surface area contributed by atoms with E-state index in [0.29, 0.717) is 16.1 Å². The van der Waals surface area contributed by atoms with Gasteiger partial charge in [-0.1, -0.05) is 49.6 Å². The summed E-state index contributed by atoms with van der Waals surface area (Å²) in [5, 5.41) is 10.2. The molecule has 29 heavy (non-hydrogen) atoms. The molecule has 1 aromatic carbocycles. The predicted octanol–water partition coefficient (Wildman–Crippen LogP) is 2.82. The molecule has 0 saturated heterocycles. The molecule has 1 atom stereocenters. The van der Waals surface area contributed by atoms with Gasteiger partial charge in [-0.25, -0.2) is 14.6 Å². The molecule has 152 valence electrons. The third-order valence-electron chi connectivity index (χ3n) is 5.21. The Morgan fingerprint density at radius 2 is 2.00 bits per heavy atom. The average molecular weight is 413 g/mol. The summed E-state index contributed by atoms with van der Waals surface area (Å²) in [6.07, 6.45) is 8.18. The minimum atomic E-state index is -0.402. The van der Waals surface area contributed by atoms with Gasteiger partial charge in [-0.2, -0.15) is 10.1 Å². The standard InChI is InChI=1S/C20H24N6O2S/c1-13(17(27)23-14-8-4-2-3-5-9-14)29-20-24-16-11-7-6-10-15(16)18(28)26(20)19-21-12-22-25-19/h6-7,10-14H,2-5,8-9H2,1H3,(H,23,27)(H,21,22,25)/t13-/m0/s1. The Morgan fingerprint density at radius 3 is 2.72 bits per heavy atom. The second-order valence-corrected chi connectivity index (χ2v) is 8.63. The highest BCUT2D eigenvalue weighted by Crippen LogP contribution is 2.25. The molecule has 2 heterocycles. The van der Waals surface area contributed by atoms with E-state index in [1.807, 2.05) is 13.0 Å². The molecule has 8 nitrogen and oxygen atoms in total. The summed E-state index contributed by atoms with van der Waals surface area (Å²) in [6, 6.07) is 7.39. The van der Waals surface area contributed by atoms with E-state index in [1.54, 1.807) is 18.2 Å². The molecule has 0 radical (unpaired) electrons. The zero-order valence-electron chi connectivity index (χ0n) is 16.3. The van der Waals surface area contributed by atoms with Crippen LogP contribution >= 0.6 is 11.8 Å². The van der Waals surface area contributed by atoms with E-state index in [-0.39, 0.29) is 23.5 Å². The lowest BCUT2D eigenvalue weighted by Gasteiger charge is -2.20. The maximum absolute atomic E-state index is 13.1. The predicted molar refractivity (Wildman–Crippen MR) is 112 cm³/mol. The van der Waals surface area contributed by atoms with Gasteiger partial charge < -0.3 is 5.32 Å². The number of thioether (sulfide) groups is 1. The number of rotatable bonds is 5. The van der Waals surface area contributed by atoms with Crippen molar-refractivity contribution in [3.05, 3.63) is 40.9 Å². The molecule has 0 aliphatic heterocycles. The van der Waals surface area contributed by atoms with E-state index in [4.69, 9.17) is 0 Å². The van der Waals surface area contributed by atoms with E-state index in [9.17, 15) is 9.59 Å². The van der Waals surface area contributed by atoms with Gasteiger partial charge >= 0.3 is 0 Å². The van der Waals surface area contributed by atoms with Gasteiger partial charge in [0.2, 0.25) is 11.9 Å². The van der Waals surface area contributed by atoms with E-state index in [1.165, 1.54) is 35.5 Å². The highest BCUT2D eigenvalue weighted by Gasteiger charge is 2.23. The molecule has 4 rings (SSSR count). The molecule has 1 saturated carbocycles. The minimum absolute atomic E-state index is 0.0339. The summed E-state index contributed by atoms with van der Waals surface area (Å²) in [4.78, 5) is 34.6. The first kappa shape index (κ1) is 19.6. The number of hydrogen-bond acceptors (Lipinski definition) is 6. The minimum Gasteiger partial charge on any atom is -0.352 e. The van der Waals surface area contributed by atoms with E-state index >= 15 is 0 Å². The van der Waals surface area contributed by atoms with Gasteiger partial charge in [-0.05, 0) is 31.9 Å². The largest absolute Gasteiger partial charge is 0.352 e. The normalized spacial score (nSPS) is 16.4. The molecular weight excluding hydrogens is 388 g/mol. The lowest BCUT2D eigenvalue weighted by atomic mass is 10.1. The van der Waals surface area contributed by atoms with Crippen LogP contribution in [0.15, 0.2) is 40.5 Å². The monoisotopic (exact) mass is 412 g/mol. The fourth-order valence-corrected chi connectivity index (χ4v) is 4.56. The highest BCUT2D eigenvalue weighted by molar-refractivity contribution is 8.00. The van der Waals surface area contributed by atoms with E-state index < -0.39 is 5.25 Å². The van der Waals surface area contributed by atoms with Gasteiger partial charge in [-0.3, -0.25) is 9.59 Å². The van der Waals surface area contributed by atoms with Crippen LogP contribution in [0.5, 0.6) is 0 Å². The third-order valence-corrected chi connectivity index (χ3v) is 6.26. The van der Waals surface area contributed by atoms with Crippen LogP contribution in [0.1, 0.15) is 45.4 Å². The van der Waals surface area contributed by atoms with Crippen molar-refractivity contribution in [3.8, 4) is 5.95 Å². The van der Waals surface area contributed by atoms with Gasteiger partial charge in [0.15, 0.2) is 5.16 Å². The van der Waals surface area contributed by atoms with Crippen molar-refractivity contribution in [2.45, 2.75) is 61.9 Å². The van der Waals surface area contributed by atoms with Gasteiger partial charge in [0.05, 0.1) is 16.2 Å². The number of hydrogen-bond donors (Lipinski definition) is 2. The van der Waals surface area contributed by atoms with Gasteiger partial charge in [0.1, 0.15) is 6.33 Å². The number of amides is 1. The fraction of sp³-hybridized carbons (Fsp3) is 0.450. The number of para-hydroxylation sites is 1. The first-order chi connectivity index (χ1) is 14.1. The maximum atomic E-state index is 13.1. The first-order valence-electron chi connectivity index (χ1n) is 9.98. The first-order valence-corrected chi connectivity index (χ1v) is 10.9. The van der Waals surface area contributed by atoms with Gasteiger partial charge in [-0.15, -0.1) is 0 Å². The van der Waals surface area contributed by atoms with Crippen molar-refractivity contribution < 1.29 is 4.79 Å². The number of aromatic nitrogens is 5. The number of fused-ring (bicyclic) bond motifs is 1. The Kier molecular flexibility index (Phi) is 5.94. The molecule has 0 unspecified atom stereocenters. The number of H-pyrrole nitrogens is 1. The van der Waals surface area contributed by atoms with Crippen LogP contribution in [-0.4, -0.2) is 41.9 Å². The average Bonchev–Trinajstić information content (AvgIpc) is 3.12. The number of nitrogens with one attached hydrogen (secondary N) is 2. The number of carbonyl (C=O) groups excluding carboxylic acids is 1. The molecule has 1 amide bonds. The lowest BCUT2D eigenvalue weighted by Crippen LogP contribution is -2.39. The molecule has 3 aromatic rings. The Balaban J connectivity index is 1.62. The Bertz CT molecular complexity index is 1040. The van der Waals surface area contributed by atoms with Crippen LogP contribution in [0.4, 0.5) is 0 Å². The Labute approximate surface area is 172 Å². The zero-order valence-corrected chi connectivity index (χ0v) is 17.1. The number of benzene rings is 1. The quantitative estimate of drug-likeness (QED) is 0.379. The SMILES string of the molecule is C[C@H](Sc1nc2ccccc2c(=O)n1-c1ncn[nH]1)C(=O)NC1CCCCCC1. The summed E-state index contributed by atoms with van der Waals surface area (Å²) < 4.78 is 1.38. The number of aromatic amines is 1. The maximum Gasteiger partial charge on any atom is 0.269 e. The molecule has 0 bridgehead atoms. The van der Waals surface area contributed by atoms with Crippen molar-refractivity contribution >= 4 is 28.6 Å². The zero-order chi connectivity index (χ0) is 20.2. The summed E-state index contributed by atoms with van der Waals surface area (Å²) in [5.41, 5.74) is 0.346.